The highest BCUT2D eigenvalue weighted by Crippen LogP contribution is 2.39. The fourth-order valence-electron chi connectivity index (χ4n) is 2.58. The summed E-state index contributed by atoms with van der Waals surface area (Å²) < 4.78 is 6.82. The van der Waals surface area contributed by atoms with Crippen molar-refractivity contribution in [3.63, 3.8) is 0 Å². The van der Waals surface area contributed by atoms with Crippen molar-refractivity contribution in [2.45, 2.75) is 6.54 Å². The molecule has 28 heavy (non-hydrogen) atoms. The van der Waals surface area contributed by atoms with Crippen LogP contribution in [0.2, 0.25) is 5.02 Å². The molecule has 0 aliphatic heterocycles. The first-order chi connectivity index (χ1) is 13.4. The van der Waals surface area contributed by atoms with Crippen LogP contribution in [0.4, 0.5) is 5.00 Å². The van der Waals surface area contributed by atoms with Crippen LogP contribution in [0.3, 0.4) is 0 Å². The molecule has 144 valence electrons. The highest BCUT2D eigenvalue weighted by Gasteiger charge is 2.23. The Morgan fingerprint density at radius 2 is 1.96 bits per heavy atom. The molecule has 0 aliphatic carbocycles. The number of nitrogens with one attached hydrogen (secondary N) is 1. The van der Waals surface area contributed by atoms with Crippen LogP contribution in [0.15, 0.2) is 57.2 Å². The number of methoxy groups -OCH3 is 1. The normalized spacial score (nSPS) is 10.5. The summed E-state index contributed by atoms with van der Waals surface area (Å²) in [6, 6.07) is 10.0. The average Bonchev–Trinajstić information content (AvgIpc) is 3.07. The Bertz CT molecular complexity index is 1110. The quantitative estimate of drug-likeness (QED) is 0.547. The molecule has 0 radical (unpaired) electrons. The van der Waals surface area contributed by atoms with Gasteiger partial charge in [0.15, 0.2) is 0 Å². The third kappa shape index (κ3) is 4.35. The first-order valence-electron chi connectivity index (χ1n) is 8.01. The van der Waals surface area contributed by atoms with Crippen molar-refractivity contribution >= 4 is 55.7 Å². The van der Waals surface area contributed by atoms with Crippen LogP contribution in [-0.2, 0) is 16.1 Å². The number of amides is 1. The minimum atomic E-state index is -0.592. The maximum Gasteiger partial charge on any atom is 0.341 e. The van der Waals surface area contributed by atoms with Gasteiger partial charge >= 0.3 is 5.97 Å². The molecule has 3 rings (SSSR count). The van der Waals surface area contributed by atoms with E-state index in [0.717, 1.165) is 0 Å². The van der Waals surface area contributed by atoms with Gasteiger partial charge in [0.1, 0.15) is 17.1 Å². The lowest BCUT2D eigenvalue weighted by molar-refractivity contribution is -0.116. The highest BCUT2D eigenvalue weighted by molar-refractivity contribution is 9.10. The van der Waals surface area contributed by atoms with Crippen LogP contribution in [0.1, 0.15) is 10.4 Å². The van der Waals surface area contributed by atoms with Crippen molar-refractivity contribution in [3.05, 3.63) is 73.4 Å². The van der Waals surface area contributed by atoms with Gasteiger partial charge in [-0.15, -0.1) is 11.3 Å². The van der Waals surface area contributed by atoms with Gasteiger partial charge in [-0.05, 0) is 28.1 Å². The van der Waals surface area contributed by atoms with Gasteiger partial charge in [0, 0.05) is 38.3 Å². The van der Waals surface area contributed by atoms with Crippen LogP contribution < -0.4 is 10.9 Å². The van der Waals surface area contributed by atoms with Crippen LogP contribution in [0.25, 0.3) is 11.1 Å². The van der Waals surface area contributed by atoms with E-state index in [1.807, 2.05) is 0 Å². The lowest BCUT2D eigenvalue weighted by atomic mass is 10.0. The second kappa shape index (κ2) is 8.72. The molecule has 6 nitrogen and oxygen atoms in total. The maximum atomic E-state index is 12.5. The Balaban J connectivity index is 1.93. The van der Waals surface area contributed by atoms with E-state index in [9.17, 15) is 14.4 Å². The Labute approximate surface area is 177 Å². The summed E-state index contributed by atoms with van der Waals surface area (Å²) in [7, 11) is 1.27. The van der Waals surface area contributed by atoms with Gasteiger partial charge in [0.05, 0.1) is 7.11 Å². The molecule has 2 aromatic heterocycles. The summed E-state index contributed by atoms with van der Waals surface area (Å²) in [5, 5.41) is 5.23. The average molecular weight is 482 g/mol. The highest BCUT2D eigenvalue weighted by atomic mass is 79.9. The fourth-order valence-corrected chi connectivity index (χ4v) is 4.16. The first kappa shape index (κ1) is 20.3. The number of anilines is 1. The van der Waals surface area contributed by atoms with E-state index in [1.54, 1.807) is 35.7 Å². The second-order valence-corrected chi connectivity index (χ2v) is 7.89. The number of aromatic nitrogens is 1. The lowest BCUT2D eigenvalue weighted by Gasteiger charge is -2.09. The third-order valence-electron chi connectivity index (χ3n) is 3.86. The van der Waals surface area contributed by atoms with Crippen molar-refractivity contribution in [3.8, 4) is 11.1 Å². The smallest absolute Gasteiger partial charge is 0.341 e. The number of benzene rings is 1. The minimum Gasteiger partial charge on any atom is -0.465 e. The molecule has 0 spiro atoms. The molecule has 1 aromatic carbocycles. The fraction of sp³-hybridized carbons (Fsp3) is 0.105. The van der Waals surface area contributed by atoms with Crippen molar-refractivity contribution in [1.82, 2.24) is 4.57 Å². The van der Waals surface area contributed by atoms with E-state index in [0.29, 0.717) is 25.6 Å². The molecule has 0 bridgehead atoms. The van der Waals surface area contributed by atoms with Gasteiger partial charge in [-0.1, -0.05) is 29.8 Å². The predicted molar refractivity (Wildman–Crippen MR) is 113 cm³/mol. The SMILES string of the molecule is COC(=O)c1c(-c2ccccc2Cl)csc1NC(=O)Cn1cc(Br)ccc1=O. The number of thiophene rings is 1. The molecular weight excluding hydrogens is 468 g/mol. The number of carbonyl (C=O) groups excluding carboxylic acids is 2. The topological polar surface area (TPSA) is 77.4 Å². The molecule has 1 N–H and O–H groups in total. The van der Waals surface area contributed by atoms with E-state index in [-0.39, 0.29) is 17.7 Å². The first-order valence-corrected chi connectivity index (χ1v) is 10.1. The van der Waals surface area contributed by atoms with Crippen molar-refractivity contribution < 1.29 is 14.3 Å². The number of hydrogen-bond acceptors (Lipinski definition) is 5. The second-order valence-electron chi connectivity index (χ2n) is 5.69. The lowest BCUT2D eigenvalue weighted by Crippen LogP contribution is -2.27. The van der Waals surface area contributed by atoms with E-state index in [4.69, 9.17) is 16.3 Å². The molecular formula is C19H14BrClN2O4S. The molecule has 0 unspecified atom stereocenters. The number of nitrogens with zero attached hydrogens (tertiary/aromatic N) is 1. The van der Waals surface area contributed by atoms with Crippen LogP contribution in [-0.4, -0.2) is 23.6 Å². The summed E-state index contributed by atoms with van der Waals surface area (Å²) in [5.74, 6) is -1.04. The number of halogens is 2. The number of hydrogen-bond donors (Lipinski definition) is 1. The summed E-state index contributed by atoms with van der Waals surface area (Å²) in [6.45, 7) is -0.196. The third-order valence-corrected chi connectivity index (χ3v) is 5.55. The maximum absolute atomic E-state index is 12.5. The van der Waals surface area contributed by atoms with Crippen LogP contribution in [0, 0.1) is 0 Å². The molecule has 2 heterocycles. The molecule has 1 amide bonds. The zero-order valence-electron chi connectivity index (χ0n) is 14.6. The number of ether oxygens (including phenoxy) is 1. The number of rotatable bonds is 5. The summed E-state index contributed by atoms with van der Waals surface area (Å²) in [5.41, 5.74) is 1.13. The predicted octanol–water partition coefficient (Wildman–Crippen LogP) is 4.42. The van der Waals surface area contributed by atoms with Gasteiger partial charge in [-0.25, -0.2) is 4.79 Å². The summed E-state index contributed by atoms with van der Waals surface area (Å²) >= 11 is 10.7. The monoisotopic (exact) mass is 480 g/mol. The van der Waals surface area contributed by atoms with E-state index >= 15 is 0 Å². The largest absolute Gasteiger partial charge is 0.465 e. The van der Waals surface area contributed by atoms with E-state index < -0.39 is 11.9 Å². The standard InChI is InChI=1S/C19H14BrClN2O4S/c1-27-19(26)17-13(12-4-2-3-5-14(12)21)10-28-18(17)22-15(24)9-23-8-11(20)6-7-16(23)25/h2-8,10H,9H2,1H3,(H,22,24). The molecule has 0 atom stereocenters. The van der Waals surface area contributed by atoms with Crippen molar-refractivity contribution in [2.24, 2.45) is 0 Å². The summed E-state index contributed by atoms with van der Waals surface area (Å²) in [4.78, 5) is 36.7. The zero-order valence-corrected chi connectivity index (χ0v) is 17.7. The van der Waals surface area contributed by atoms with Crippen molar-refractivity contribution in [2.75, 3.05) is 12.4 Å². The van der Waals surface area contributed by atoms with Crippen LogP contribution >= 0.6 is 38.9 Å². The number of esters is 1. The Morgan fingerprint density at radius 1 is 1.21 bits per heavy atom. The minimum absolute atomic E-state index is 0.196. The molecule has 0 saturated carbocycles. The molecule has 0 fully saturated rings. The zero-order chi connectivity index (χ0) is 20.3. The molecule has 0 aliphatic rings. The molecule has 0 saturated heterocycles. The van der Waals surface area contributed by atoms with Gasteiger partial charge < -0.3 is 14.6 Å². The number of carbonyl (C=O) groups is 2. The van der Waals surface area contributed by atoms with Gasteiger partial charge in [-0.2, -0.15) is 0 Å². The Kier molecular flexibility index (Phi) is 6.33. The number of pyridine rings is 1. The van der Waals surface area contributed by atoms with Gasteiger partial charge in [-0.3, -0.25) is 9.59 Å². The van der Waals surface area contributed by atoms with E-state index in [1.165, 1.54) is 35.3 Å². The molecule has 3 aromatic rings. The Morgan fingerprint density at radius 3 is 2.68 bits per heavy atom. The van der Waals surface area contributed by atoms with Crippen molar-refractivity contribution in [1.29, 1.82) is 0 Å². The van der Waals surface area contributed by atoms with Crippen LogP contribution in [0.5, 0.6) is 0 Å². The molecule has 9 heteroatoms. The van der Waals surface area contributed by atoms with E-state index in [2.05, 4.69) is 21.2 Å². The Hall–Kier alpha value is -2.42. The van der Waals surface area contributed by atoms with Gasteiger partial charge in [0.25, 0.3) is 5.56 Å². The van der Waals surface area contributed by atoms with Gasteiger partial charge in [0.2, 0.25) is 5.91 Å². The summed E-state index contributed by atoms with van der Waals surface area (Å²) in [6.07, 6.45) is 1.52.